The minimum absolute atomic E-state index is 0.176. The molecular weight excluding hydrogens is 258 g/mol. The first-order valence-electron chi connectivity index (χ1n) is 6.96. The molecule has 0 aromatic carbocycles. The maximum absolute atomic E-state index is 10.9. The van der Waals surface area contributed by atoms with E-state index in [0.29, 0.717) is 11.2 Å². The van der Waals surface area contributed by atoms with Gasteiger partial charge in [-0.15, -0.1) is 0 Å². The molecule has 0 aromatic heterocycles. The van der Waals surface area contributed by atoms with Crippen LogP contribution in [-0.4, -0.2) is 25.7 Å². The van der Waals surface area contributed by atoms with E-state index >= 15 is 0 Å². The second-order valence-corrected chi connectivity index (χ2v) is 5.76. The van der Waals surface area contributed by atoms with Crippen molar-refractivity contribution in [1.82, 2.24) is 0 Å². The van der Waals surface area contributed by atoms with Gasteiger partial charge in [0.2, 0.25) is 0 Å². The van der Waals surface area contributed by atoms with E-state index in [0.717, 1.165) is 31.6 Å². The number of carbonyl (C=O) groups excluding carboxylic acids is 1. The zero-order valence-corrected chi connectivity index (χ0v) is 13.7. The number of aliphatic carboxylic acids is 1. The van der Waals surface area contributed by atoms with E-state index in [1.807, 2.05) is 0 Å². The first kappa shape index (κ1) is 18.4. The Kier molecular flexibility index (Phi) is 9.86. The minimum Gasteiger partial charge on any atom is -0.478 e. The number of carboxylic acid groups (broad SMARTS) is 1. The van der Waals surface area contributed by atoms with E-state index in [2.05, 4.69) is 36.5 Å². The van der Waals surface area contributed by atoms with Crippen molar-refractivity contribution in [3.05, 3.63) is 12.2 Å². The van der Waals surface area contributed by atoms with Crippen LogP contribution in [0, 0.1) is 11.3 Å². The second-order valence-electron chi connectivity index (χ2n) is 5.76. The molecule has 1 rings (SSSR count). The third-order valence-corrected chi connectivity index (χ3v) is 3.13. The molecule has 3 nitrogen and oxygen atoms in total. The molecule has 1 saturated carbocycles. The standard InChI is InChI=1S/C10H18O.C4H6O2.BH3P/c1-10(2,3)8-4-6-9(11)7-5-8;1-3(2)4(5)6;1-2/h8H,4-7H2,1-3H3;1H2,2H3,(H,5,6);1H,2H2/i;;1T. The van der Waals surface area contributed by atoms with Crippen molar-refractivity contribution in [2.45, 2.75) is 53.4 Å². The Morgan fingerprint density at radius 1 is 1.47 bits per heavy atom. The van der Waals surface area contributed by atoms with E-state index < -0.39 is 5.97 Å². The highest BCUT2D eigenvalue weighted by Gasteiger charge is 2.28. The molecule has 1 atom stereocenters. The summed E-state index contributed by atoms with van der Waals surface area (Å²) in [4.78, 5) is 20.5. The summed E-state index contributed by atoms with van der Waals surface area (Å²) >= 11 is 0. The molecule has 0 spiro atoms. The number of hydrogen-bond acceptors (Lipinski definition) is 2. The Labute approximate surface area is 122 Å². The third kappa shape index (κ3) is 10.9. The van der Waals surface area contributed by atoms with Gasteiger partial charge in [0.25, 0.3) is 0 Å². The molecule has 1 aliphatic rings. The van der Waals surface area contributed by atoms with Crippen LogP contribution in [-0.2, 0) is 9.59 Å². The van der Waals surface area contributed by atoms with Crippen LogP contribution in [0.4, 0.5) is 0 Å². The first-order chi connectivity index (χ1) is 9.06. The van der Waals surface area contributed by atoms with Gasteiger partial charge in [0.15, 0.2) is 0 Å². The monoisotopic (exact) mass is 287 g/mol. The molecule has 109 valence electrons. The predicted octanol–water partition coefficient (Wildman–Crippen LogP) is 3.12. The lowest BCUT2D eigenvalue weighted by Crippen LogP contribution is -2.25. The summed E-state index contributed by atoms with van der Waals surface area (Å²) in [5.74, 6) is 0.292. The van der Waals surface area contributed by atoms with Gasteiger partial charge >= 0.3 is 5.97 Å². The first-order valence-corrected chi connectivity index (χ1v) is 7.05. The Morgan fingerprint density at radius 2 is 1.79 bits per heavy atom. The normalized spacial score (nSPS) is 16.1. The Bertz CT molecular complexity index is 305. The van der Waals surface area contributed by atoms with Crippen LogP contribution in [0.3, 0.4) is 0 Å². The highest BCUT2D eigenvalue weighted by molar-refractivity contribution is 7.49. The Hall–Kier alpha value is -0.625. The van der Waals surface area contributed by atoms with Gasteiger partial charge in [0.05, 0.1) is 0 Å². The molecule has 0 aromatic rings. The molecule has 5 heteroatoms. The zero-order chi connectivity index (χ0) is 16.3. The lowest BCUT2D eigenvalue weighted by atomic mass is 9.72. The summed E-state index contributed by atoms with van der Waals surface area (Å²) in [7, 11) is 3.29. The van der Waals surface area contributed by atoms with Gasteiger partial charge in [-0.1, -0.05) is 27.4 Å². The molecular formula is C14H27BO3P. The van der Waals surface area contributed by atoms with Crippen LogP contribution >= 0.6 is 9.12 Å². The SMILES string of the molecule is C=C(C)C(=O)O.CC(C)(C)C1CCC(=O)CC1.[3H][B]P. The maximum Gasteiger partial charge on any atom is 0.330 e. The van der Waals surface area contributed by atoms with Crippen molar-refractivity contribution in [2.24, 2.45) is 11.3 Å². The van der Waals surface area contributed by atoms with Crippen LogP contribution < -0.4 is 0 Å². The van der Waals surface area contributed by atoms with Crippen LogP contribution in [0.15, 0.2) is 12.2 Å². The Balaban J connectivity index is 0. The van der Waals surface area contributed by atoms with Crippen molar-refractivity contribution in [3.63, 3.8) is 0 Å². The lowest BCUT2D eigenvalue weighted by molar-refractivity contribution is -0.132. The summed E-state index contributed by atoms with van der Waals surface area (Å²) in [5.41, 5.74) is 0.579. The minimum atomic E-state index is -0.935. The molecule has 1 unspecified atom stereocenters. The molecule has 0 amide bonds. The highest BCUT2D eigenvalue weighted by Crippen LogP contribution is 2.36. The zero-order valence-electron chi connectivity index (χ0n) is 13.5. The van der Waals surface area contributed by atoms with Gasteiger partial charge in [-0.3, -0.25) is 4.79 Å². The molecule has 0 aliphatic heterocycles. The number of ketones is 1. The van der Waals surface area contributed by atoms with E-state index in [4.69, 9.17) is 6.44 Å². The largest absolute Gasteiger partial charge is 0.478 e. The number of carboxylic acids is 1. The molecule has 1 aliphatic carbocycles. The van der Waals surface area contributed by atoms with E-state index in [-0.39, 0.29) is 5.57 Å². The predicted molar refractivity (Wildman–Crippen MR) is 85.7 cm³/mol. The van der Waals surface area contributed by atoms with Gasteiger partial charge in [-0.2, -0.15) is 9.12 Å². The van der Waals surface area contributed by atoms with Crippen molar-refractivity contribution in [1.29, 1.82) is 1.34 Å². The highest BCUT2D eigenvalue weighted by atomic mass is 31.0. The quantitative estimate of drug-likeness (QED) is 0.458. The van der Waals surface area contributed by atoms with E-state index in [9.17, 15) is 9.59 Å². The maximum atomic E-state index is 10.9. The molecule has 0 bridgehead atoms. The molecule has 19 heavy (non-hydrogen) atoms. The van der Waals surface area contributed by atoms with Crippen molar-refractivity contribution >= 4 is 28.4 Å². The fourth-order valence-corrected chi connectivity index (χ4v) is 1.81. The molecule has 1 N–H and O–H groups in total. The van der Waals surface area contributed by atoms with E-state index in [1.54, 1.807) is 0 Å². The van der Waals surface area contributed by atoms with Gasteiger partial charge in [-0.05, 0) is 32.4 Å². The summed E-state index contributed by atoms with van der Waals surface area (Å²) in [6, 6.07) is 0. The van der Waals surface area contributed by atoms with Gasteiger partial charge in [-0.25, -0.2) is 4.79 Å². The molecule has 0 saturated heterocycles. The summed E-state index contributed by atoms with van der Waals surface area (Å²) in [5, 5.41) is 7.89. The van der Waals surface area contributed by atoms with Gasteiger partial charge < -0.3 is 5.11 Å². The lowest BCUT2D eigenvalue weighted by Gasteiger charge is -2.33. The fraction of sp³-hybridized carbons (Fsp3) is 0.714. The molecule has 0 heterocycles. The smallest absolute Gasteiger partial charge is 0.330 e. The molecule has 1 fully saturated rings. The molecule has 1 radical (unpaired) electrons. The topological polar surface area (TPSA) is 54.4 Å². The van der Waals surface area contributed by atoms with Crippen LogP contribution in [0.25, 0.3) is 0 Å². The second kappa shape index (κ2) is 10.2. The number of hydrogen-bond donors (Lipinski definition) is 1. The van der Waals surface area contributed by atoms with Gasteiger partial charge in [0, 0.05) is 18.4 Å². The third-order valence-electron chi connectivity index (χ3n) is 3.13. The van der Waals surface area contributed by atoms with E-state index in [1.165, 1.54) is 14.5 Å². The average Bonchev–Trinajstić information content (AvgIpc) is 2.30. The summed E-state index contributed by atoms with van der Waals surface area (Å²) in [6.45, 7) is 11.4. The van der Waals surface area contributed by atoms with Crippen LogP contribution in [0.2, 0.25) is 0 Å². The summed E-state index contributed by atoms with van der Waals surface area (Å²) in [6.07, 6.45) is 3.87. The van der Waals surface area contributed by atoms with Crippen LogP contribution in [0.5, 0.6) is 0 Å². The van der Waals surface area contributed by atoms with Gasteiger partial charge in [0.1, 0.15) is 13.3 Å². The Morgan fingerprint density at radius 3 is 2.00 bits per heavy atom. The van der Waals surface area contributed by atoms with Crippen molar-refractivity contribution < 1.29 is 14.7 Å². The number of rotatable bonds is 1. The summed E-state index contributed by atoms with van der Waals surface area (Å²) < 4.78 is 6.05. The number of carbonyl (C=O) groups is 2. The van der Waals surface area contributed by atoms with Crippen molar-refractivity contribution in [3.8, 4) is 0 Å². The fourth-order valence-electron chi connectivity index (χ4n) is 1.81. The number of Topliss-reactive ketones (excluding diaryl/α,β-unsaturated/α-hetero) is 1. The van der Waals surface area contributed by atoms with Crippen molar-refractivity contribution in [2.75, 3.05) is 0 Å². The average molecular weight is 287 g/mol. The van der Waals surface area contributed by atoms with Crippen LogP contribution in [0.1, 0.15) is 53.4 Å².